The summed E-state index contributed by atoms with van der Waals surface area (Å²) < 4.78 is 11.2. The predicted molar refractivity (Wildman–Crippen MR) is 63.7 cm³/mol. The normalized spacial score (nSPS) is 37.5. The minimum atomic E-state index is -0.0515. The van der Waals surface area contributed by atoms with Gasteiger partial charge in [-0.3, -0.25) is 4.90 Å². The molecule has 0 spiro atoms. The smallest absolute Gasteiger partial charge is 0.106 e. The van der Waals surface area contributed by atoms with E-state index in [4.69, 9.17) is 9.47 Å². The molecule has 16 heavy (non-hydrogen) atoms. The van der Waals surface area contributed by atoms with Crippen LogP contribution in [-0.2, 0) is 9.47 Å². The van der Waals surface area contributed by atoms with E-state index in [1.54, 1.807) is 0 Å². The molecule has 2 heterocycles. The zero-order valence-corrected chi connectivity index (χ0v) is 10.5. The summed E-state index contributed by atoms with van der Waals surface area (Å²) in [4.78, 5) is 2.52. The molecule has 0 bridgehead atoms. The molecule has 2 fully saturated rings. The quantitative estimate of drug-likeness (QED) is 0.761. The second-order valence-corrected chi connectivity index (χ2v) is 5.13. The summed E-state index contributed by atoms with van der Waals surface area (Å²) in [5.74, 6) is 0. The average molecular weight is 228 g/mol. The second kappa shape index (κ2) is 5.45. The Labute approximate surface area is 98.3 Å². The van der Waals surface area contributed by atoms with E-state index in [9.17, 15) is 0 Å². The van der Waals surface area contributed by atoms with E-state index in [0.717, 1.165) is 39.3 Å². The highest BCUT2D eigenvalue weighted by atomic mass is 16.5. The monoisotopic (exact) mass is 228 g/mol. The summed E-state index contributed by atoms with van der Waals surface area (Å²) in [6, 6.07) is 0.582. The van der Waals surface area contributed by atoms with Crippen molar-refractivity contribution in [1.29, 1.82) is 0 Å². The number of hydrogen-bond donors (Lipinski definition) is 1. The van der Waals surface area contributed by atoms with Gasteiger partial charge in [0.1, 0.15) is 5.60 Å². The van der Waals surface area contributed by atoms with Crippen LogP contribution in [-0.4, -0.2) is 63.0 Å². The number of nitrogens with zero attached hydrogens (tertiary/aromatic N) is 1. The van der Waals surface area contributed by atoms with Crippen LogP contribution in [0.25, 0.3) is 0 Å². The first-order chi connectivity index (χ1) is 7.74. The van der Waals surface area contributed by atoms with Crippen LogP contribution in [0.15, 0.2) is 0 Å². The number of nitrogens with one attached hydrogen (secondary N) is 1. The molecule has 0 saturated carbocycles. The van der Waals surface area contributed by atoms with Gasteiger partial charge in [-0.2, -0.15) is 0 Å². The molecule has 2 unspecified atom stereocenters. The standard InChI is InChI=1S/C12H24N2O2/c1-11-8-14(6-3-5-13-11)9-12(15-2)4-7-16-10-12/h11,13H,3-10H2,1-2H3. The molecule has 4 nitrogen and oxygen atoms in total. The predicted octanol–water partition coefficient (Wildman–Crippen LogP) is 0.476. The van der Waals surface area contributed by atoms with Crippen LogP contribution in [0.2, 0.25) is 0 Å². The Balaban J connectivity index is 1.91. The maximum atomic E-state index is 5.69. The first-order valence-electron chi connectivity index (χ1n) is 6.33. The van der Waals surface area contributed by atoms with Crippen LogP contribution in [0, 0.1) is 0 Å². The van der Waals surface area contributed by atoms with Crippen LogP contribution in [0.3, 0.4) is 0 Å². The van der Waals surface area contributed by atoms with E-state index < -0.39 is 0 Å². The summed E-state index contributed by atoms with van der Waals surface area (Å²) in [6.07, 6.45) is 2.26. The van der Waals surface area contributed by atoms with Crippen molar-refractivity contribution in [3.8, 4) is 0 Å². The lowest BCUT2D eigenvalue weighted by Crippen LogP contribution is -2.47. The fraction of sp³-hybridized carbons (Fsp3) is 1.00. The zero-order valence-electron chi connectivity index (χ0n) is 10.5. The molecule has 0 amide bonds. The fourth-order valence-corrected chi connectivity index (χ4v) is 2.68. The topological polar surface area (TPSA) is 33.7 Å². The van der Waals surface area contributed by atoms with Gasteiger partial charge in [0.2, 0.25) is 0 Å². The van der Waals surface area contributed by atoms with Crippen molar-refractivity contribution < 1.29 is 9.47 Å². The van der Waals surface area contributed by atoms with Crippen molar-refractivity contribution in [2.45, 2.75) is 31.4 Å². The lowest BCUT2D eigenvalue weighted by atomic mass is 10.0. The van der Waals surface area contributed by atoms with E-state index in [1.807, 2.05) is 7.11 Å². The summed E-state index contributed by atoms with van der Waals surface area (Å²) >= 11 is 0. The highest BCUT2D eigenvalue weighted by molar-refractivity contribution is 4.89. The summed E-state index contributed by atoms with van der Waals surface area (Å²) in [5.41, 5.74) is -0.0515. The molecule has 4 heteroatoms. The van der Waals surface area contributed by atoms with E-state index in [-0.39, 0.29) is 5.60 Å². The first kappa shape index (κ1) is 12.3. The number of rotatable bonds is 3. The van der Waals surface area contributed by atoms with Gasteiger partial charge < -0.3 is 14.8 Å². The maximum Gasteiger partial charge on any atom is 0.106 e. The van der Waals surface area contributed by atoms with Crippen molar-refractivity contribution in [3.05, 3.63) is 0 Å². The van der Waals surface area contributed by atoms with Crippen LogP contribution >= 0.6 is 0 Å². The molecule has 2 rings (SSSR count). The van der Waals surface area contributed by atoms with E-state index in [2.05, 4.69) is 17.1 Å². The Kier molecular flexibility index (Phi) is 4.19. The SMILES string of the molecule is COC1(CN2CCCNC(C)C2)CCOC1. The zero-order chi connectivity index (χ0) is 11.4. The number of hydrogen-bond acceptors (Lipinski definition) is 4. The average Bonchev–Trinajstić information content (AvgIpc) is 2.64. The highest BCUT2D eigenvalue weighted by Gasteiger charge is 2.37. The van der Waals surface area contributed by atoms with Crippen molar-refractivity contribution in [2.75, 3.05) is 46.5 Å². The largest absolute Gasteiger partial charge is 0.378 e. The molecule has 94 valence electrons. The van der Waals surface area contributed by atoms with Gasteiger partial charge in [0.05, 0.1) is 6.61 Å². The summed E-state index contributed by atoms with van der Waals surface area (Å²) in [6.45, 7) is 8.28. The van der Waals surface area contributed by atoms with Crippen LogP contribution in [0.1, 0.15) is 19.8 Å². The molecule has 2 atom stereocenters. The number of ether oxygens (including phenoxy) is 2. The summed E-state index contributed by atoms with van der Waals surface area (Å²) in [7, 11) is 1.81. The molecular formula is C12H24N2O2. The van der Waals surface area contributed by atoms with E-state index in [0.29, 0.717) is 6.04 Å². The first-order valence-corrected chi connectivity index (χ1v) is 6.33. The van der Waals surface area contributed by atoms with Crippen molar-refractivity contribution in [2.24, 2.45) is 0 Å². The lowest BCUT2D eigenvalue weighted by Gasteiger charge is -2.33. The molecular weight excluding hydrogens is 204 g/mol. The molecule has 0 aromatic heterocycles. The van der Waals surface area contributed by atoms with Crippen LogP contribution < -0.4 is 5.32 Å². The molecule has 2 saturated heterocycles. The van der Waals surface area contributed by atoms with Gasteiger partial charge in [-0.1, -0.05) is 0 Å². The van der Waals surface area contributed by atoms with Crippen molar-refractivity contribution in [3.63, 3.8) is 0 Å². The minimum Gasteiger partial charge on any atom is -0.378 e. The summed E-state index contributed by atoms with van der Waals surface area (Å²) in [5, 5.41) is 3.52. The third-order valence-electron chi connectivity index (χ3n) is 3.69. The molecule has 1 N–H and O–H groups in total. The van der Waals surface area contributed by atoms with Crippen LogP contribution in [0.4, 0.5) is 0 Å². The van der Waals surface area contributed by atoms with Crippen molar-refractivity contribution >= 4 is 0 Å². The van der Waals surface area contributed by atoms with Gasteiger partial charge in [-0.25, -0.2) is 0 Å². The molecule has 0 aromatic carbocycles. The molecule has 2 aliphatic rings. The molecule has 0 aromatic rings. The van der Waals surface area contributed by atoms with E-state index >= 15 is 0 Å². The van der Waals surface area contributed by atoms with Gasteiger partial charge in [0, 0.05) is 39.3 Å². The molecule has 2 aliphatic heterocycles. The molecule has 0 aliphatic carbocycles. The Bertz CT molecular complexity index is 217. The Morgan fingerprint density at radius 3 is 3.12 bits per heavy atom. The van der Waals surface area contributed by atoms with Gasteiger partial charge in [0.25, 0.3) is 0 Å². The molecule has 0 radical (unpaired) electrons. The van der Waals surface area contributed by atoms with Gasteiger partial charge >= 0.3 is 0 Å². The van der Waals surface area contributed by atoms with Gasteiger partial charge in [-0.15, -0.1) is 0 Å². The second-order valence-electron chi connectivity index (χ2n) is 5.13. The third-order valence-corrected chi connectivity index (χ3v) is 3.69. The minimum absolute atomic E-state index is 0.0515. The maximum absolute atomic E-state index is 5.69. The van der Waals surface area contributed by atoms with Gasteiger partial charge in [0.15, 0.2) is 0 Å². The Hall–Kier alpha value is -0.160. The van der Waals surface area contributed by atoms with Crippen molar-refractivity contribution in [1.82, 2.24) is 10.2 Å². The number of methoxy groups -OCH3 is 1. The van der Waals surface area contributed by atoms with Crippen LogP contribution in [0.5, 0.6) is 0 Å². The van der Waals surface area contributed by atoms with Gasteiger partial charge in [-0.05, 0) is 26.4 Å². The highest BCUT2D eigenvalue weighted by Crippen LogP contribution is 2.24. The third kappa shape index (κ3) is 2.94. The Morgan fingerprint density at radius 2 is 2.44 bits per heavy atom. The Morgan fingerprint density at radius 1 is 1.56 bits per heavy atom. The van der Waals surface area contributed by atoms with E-state index in [1.165, 1.54) is 13.0 Å². The lowest BCUT2D eigenvalue weighted by molar-refractivity contribution is -0.0407. The fourth-order valence-electron chi connectivity index (χ4n) is 2.68.